The second kappa shape index (κ2) is 26.0. The van der Waals surface area contributed by atoms with Crippen LogP contribution < -0.4 is 28.6 Å². The Bertz CT molecular complexity index is 4180. The number of nitrogens with one attached hydrogen (secondary N) is 1. The molecule has 6 N–H and O–H groups in total. The summed E-state index contributed by atoms with van der Waals surface area (Å²) in [6, 6.07) is 16.9. The first-order chi connectivity index (χ1) is 49.0. The van der Waals surface area contributed by atoms with Crippen molar-refractivity contribution in [3.8, 4) is 34.5 Å². The number of aromatic amines is 1. The van der Waals surface area contributed by atoms with Crippen LogP contribution in [0.4, 0.5) is 5.69 Å². The Morgan fingerprint density at radius 1 is 0.814 bits per heavy atom. The van der Waals surface area contributed by atoms with Gasteiger partial charge in [0.1, 0.15) is 35.6 Å². The average molecular weight is 1410 g/mol. The summed E-state index contributed by atoms with van der Waals surface area (Å²) in [5.74, 6) is -3.09. The van der Waals surface area contributed by atoms with Gasteiger partial charge in [-0.15, -0.1) is 0 Å². The van der Waals surface area contributed by atoms with Crippen LogP contribution in [-0.4, -0.2) is 225 Å². The Labute approximate surface area is 588 Å². The van der Waals surface area contributed by atoms with E-state index < -0.39 is 130 Å². The summed E-state index contributed by atoms with van der Waals surface area (Å²) in [4.78, 5) is 79.5. The Kier molecular flexibility index (Phi) is 17.7. The average Bonchev–Trinajstić information content (AvgIpc) is 1.46. The van der Waals surface area contributed by atoms with Crippen molar-refractivity contribution in [1.29, 1.82) is 0 Å². The molecular weight excluding hydrogens is 1320 g/mol. The monoisotopic (exact) mass is 1410 g/mol. The third-order valence-electron chi connectivity index (χ3n) is 24.2. The smallest absolute Gasteiger partial charge is 0.344 e. The highest BCUT2D eigenvalue weighted by atomic mass is 16.8. The van der Waals surface area contributed by atoms with Crippen LogP contribution in [0, 0.1) is 23.2 Å². The lowest BCUT2D eigenvalue weighted by Gasteiger charge is -2.63. The molecule has 6 fully saturated rings. The van der Waals surface area contributed by atoms with Crippen molar-refractivity contribution >= 4 is 46.9 Å². The normalized spacial score (nSPS) is 36.5. The highest BCUT2D eigenvalue weighted by molar-refractivity contribution is 5.97. The molecule has 1 aromatic heterocycles. The van der Waals surface area contributed by atoms with E-state index in [1.165, 1.54) is 47.4 Å². The van der Waals surface area contributed by atoms with Crippen LogP contribution in [0.1, 0.15) is 111 Å². The van der Waals surface area contributed by atoms with Crippen LogP contribution in [0.3, 0.4) is 0 Å². The number of H-pyrrole nitrogens is 1. The number of aliphatic hydroxyl groups excluding tert-OH is 2. The topological polar surface area (TPSA) is 332 Å². The fourth-order valence-electron chi connectivity index (χ4n) is 20.1. The Hall–Kier alpha value is -8.09. The highest BCUT2D eigenvalue weighted by Crippen LogP contribution is 2.69. The van der Waals surface area contributed by atoms with Gasteiger partial charge in [0, 0.05) is 90.0 Å². The SMILES string of the molecule is CC[C@]1(O)C[C@H]2CN(CCc3c([nH]c4ccccc34)[C@@](C(=O)OC)(c3cc4c(cc3OC)N(C=O)[C@H]3[C@@](O)(C(=O)OC)[C@H](OC(C)=O)[C@]5(CC)C=CCN6CC[C@]43[C@@H]65)C2)C1.COc1cc([C@@H]2c3cc4c(cc3C(O[C@@H]3O[C@@H]5CO[C@@H](C)O[C@H]5[C@H](O)[C@H]3O)C3COC(=O)[C@@H]32)OCO4)cc(OC)c1O. The van der Waals surface area contributed by atoms with Gasteiger partial charge in [0.15, 0.2) is 41.7 Å². The van der Waals surface area contributed by atoms with Gasteiger partial charge in [-0.3, -0.25) is 29.0 Å². The summed E-state index contributed by atoms with van der Waals surface area (Å²) in [5, 5.41) is 58.8. The highest BCUT2D eigenvalue weighted by Gasteiger charge is 2.81. The predicted molar refractivity (Wildman–Crippen MR) is 359 cm³/mol. The predicted octanol–water partition coefficient (Wildman–Crippen LogP) is 4.86. The quantitative estimate of drug-likeness (QED) is 0.0397. The van der Waals surface area contributed by atoms with Crippen molar-refractivity contribution in [3.63, 3.8) is 0 Å². The standard InChI is InChI=1S/C46H56N4O10.C29H32O13/c1-7-42(55)22-28-23-45(40(53)58-5,36-30(14-18-48(24-28)25-42)29-12-9-10-13-33(29)47-36)32-20-31-34(21-35(32)57-4)50(26-51)38-44(31)16-19-49-17-11-15-43(8-2,37(44)49)39(60-27(3)52)46(38,56)41(54)59-6;1-11-36-9-20-27(40-11)24(31)25(32)29(41-20)42-26-14-7-17-16(38-10-39-17)6-13(14)21(22-15(26)8-37-28(22)33)12-4-18(34-2)23(30)19(5-12)35-3/h9-13,15,20-21,26,28,37-39,47,55-56H,7-8,14,16-19,22-25H2,1-6H3;4-7,11,15,20-22,24-27,29-32H,8-10H2,1-3H3/t28-,37+,38-,39-,42+,43-,44-,45+,46+;11-,15?,20-,21-,22+,24-,25-,26?,27-,29+/m11/s1. The van der Waals surface area contributed by atoms with Gasteiger partial charge in [0.05, 0.1) is 78.1 Å². The van der Waals surface area contributed by atoms with E-state index in [9.17, 15) is 44.7 Å². The molecule has 27 nitrogen and oxygen atoms in total. The van der Waals surface area contributed by atoms with Crippen molar-refractivity contribution in [2.75, 3.05) is 93.2 Å². The first kappa shape index (κ1) is 69.6. The lowest BCUT2D eigenvalue weighted by Crippen LogP contribution is -2.81. The first-order valence-electron chi connectivity index (χ1n) is 35.0. The molecule has 2 bridgehead atoms. The van der Waals surface area contributed by atoms with Crippen molar-refractivity contribution in [1.82, 2.24) is 14.8 Å². The van der Waals surface area contributed by atoms with Crippen LogP contribution in [-0.2, 0) is 79.1 Å². The number of rotatable bonds is 13. The molecule has 1 amide bonds. The number of phenolic OH excluding ortho intramolecular Hbond substituents is 1. The number of aromatic hydroxyl groups is 1. The number of anilines is 1. The molecule has 2 aliphatic carbocycles. The summed E-state index contributed by atoms with van der Waals surface area (Å²) >= 11 is 0. The molecule has 4 aromatic carbocycles. The van der Waals surface area contributed by atoms with Crippen molar-refractivity contribution in [2.24, 2.45) is 23.2 Å². The van der Waals surface area contributed by atoms with E-state index >= 15 is 4.79 Å². The molecular formula is C75H88N4O23. The zero-order valence-corrected chi connectivity index (χ0v) is 58.4. The number of nitrogens with zero attached hydrogens (tertiary/aromatic N) is 3. The third kappa shape index (κ3) is 10.3. The second-order valence-corrected chi connectivity index (χ2v) is 29.1. The van der Waals surface area contributed by atoms with Gasteiger partial charge in [-0.1, -0.05) is 44.2 Å². The van der Waals surface area contributed by atoms with E-state index in [2.05, 4.69) is 20.9 Å². The zero-order valence-electron chi connectivity index (χ0n) is 58.4. The summed E-state index contributed by atoms with van der Waals surface area (Å²) < 4.78 is 75.2. The minimum absolute atomic E-state index is 0.0301. The van der Waals surface area contributed by atoms with Crippen LogP contribution in [0.5, 0.6) is 34.5 Å². The molecule has 0 radical (unpaired) electrons. The van der Waals surface area contributed by atoms with Gasteiger partial charge < -0.3 is 97.0 Å². The van der Waals surface area contributed by atoms with Crippen molar-refractivity contribution in [3.05, 3.63) is 112 Å². The Morgan fingerprint density at radius 2 is 1.54 bits per heavy atom. The van der Waals surface area contributed by atoms with E-state index in [0.29, 0.717) is 128 Å². The number of esters is 4. The second-order valence-electron chi connectivity index (χ2n) is 29.1. The molecule has 9 aliphatic heterocycles. The van der Waals surface area contributed by atoms with Crippen molar-refractivity contribution in [2.45, 2.75) is 155 Å². The Balaban J connectivity index is 0.000000175. The number of para-hydroxylation sites is 1. The number of carbonyl (C=O) groups excluding carboxylic acids is 5. The van der Waals surface area contributed by atoms with Gasteiger partial charge in [0.25, 0.3) is 0 Å². The molecule has 546 valence electrons. The number of cyclic esters (lactones) is 1. The number of amides is 1. The molecule has 11 aliphatic rings. The maximum atomic E-state index is 15.3. The third-order valence-corrected chi connectivity index (χ3v) is 24.2. The number of methoxy groups -OCH3 is 5. The number of fused-ring (bicyclic) bond motifs is 10. The lowest BCUT2D eigenvalue weighted by molar-refractivity contribution is -0.364. The number of carbonyl (C=O) groups is 5. The van der Waals surface area contributed by atoms with Crippen LogP contribution in [0.15, 0.2) is 72.8 Å². The minimum Gasteiger partial charge on any atom is -0.502 e. The summed E-state index contributed by atoms with van der Waals surface area (Å²) in [6.45, 7) is 10.1. The summed E-state index contributed by atoms with van der Waals surface area (Å²) in [5.41, 5.74) is -1.14. The summed E-state index contributed by atoms with van der Waals surface area (Å²) in [7, 11) is 6.95. The van der Waals surface area contributed by atoms with E-state index in [-0.39, 0.29) is 49.6 Å². The maximum absolute atomic E-state index is 15.3. The molecule has 1 saturated carbocycles. The van der Waals surface area contributed by atoms with Gasteiger partial charge >= 0.3 is 23.9 Å². The lowest BCUT2D eigenvalue weighted by atomic mass is 9.47. The van der Waals surface area contributed by atoms with E-state index in [4.69, 9.17) is 61.6 Å². The van der Waals surface area contributed by atoms with Gasteiger partial charge in [-0.25, -0.2) is 4.79 Å². The molecule has 10 heterocycles. The number of ether oxygens (including phenoxy) is 13. The number of aliphatic hydroxyl groups is 4. The number of benzene rings is 4. The zero-order chi connectivity index (χ0) is 71.9. The minimum atomic E-state index is -2.53. The van der Waals surface area contributed by atoms with Crippen LogP contribution >= 0.6 is 0 Å². The number of hydrogen-bond acceptors (Lipinski definition) is 25. The van der Waals surface area contributed by atoms with E-state index in [0.717, 1.165) is 16.5 Å². The van der Waals surface area contributed by atoms with Crippen molar-refractivity contribution < 1.29 is 111 Å². The fraction of sp³-hybridized carbons (Fsp3) is 0.560. The van der Waals surface area contributed by atoms with Crippen LogP contribution in [0.2, 0.25) is 0 Å². The summed E-state index contributed by atoms with van der Waals surface area (Å²) in [6.07, 6.45) is -0.964. The van der Waals surface area contributed by atoms with Gasteiger partial charge in [-0.05, 0) is 122 Å². The molecule has 27 heteroatoms. The molecule has 1 spiro atoms. The number of aromatic nitrogens is 1. The number of hydrogen-bond donors (Lipinski definition) is 6. The molecule has 20 atom stereocenters. The maximum Gasteiger partial charge on any atom is 0.344 e. The first-order valence-corrected chi connectivity index (χ1v) is 35.0. The number of phenols is 1. The molecule has 5 aromatic rings. The van der Waals surface area contributed by atoms with Gasteiger partial charge in [-0.2, -0.15) is 0 Å². The largest absolute Gasteiger partial charge is 0.502 e. The molecule has 102 heavy (non-hydrogen) atoms. The molecule has 5 saturated heterocycles. The Morgan fingerprint density at radius 3 is 2.23 bits per heavy atom. The van der Waals surface area contributed by atoms with Crippen LogP contribution in [0.25, 0.3) is 10.9 Å². The van der Waals surface area contributed by atoms with E-state index in [1.807, 2.05) is 50.3 Å². The van der Waals surface area contributed by atoms with E-state index in [1.54, 1.807) is 37.3 Å². The van der Waals surface area contributed by atoms with Gasteiger partial charge in [0.2, 0.25) is 24.6 Å². The molecule has 16 rings (SSSR count). The fourth-order valence-corrected chi connectivity index (χ4v) is 20.1. The molecule has 3 unspecified atom stereocenters. The number of piperidine rings is 1.